The molecular weight excluding hydrogens is 392 g/mol. The lowest BCUT2D eigenvalue weighted by atomic mass is 9.90. The number of benzene rings is 2. The van der Waals surface area contributed by atoms with Gasteiger partial charge in [0.15, 0.2) is 0 Å². The molecular formula is C25H28N2O4. The molecule has 2 amide bonds. The van der Waals surface area contributed by atoms with E-state index in [1.807, 2.05) is 65.3 Å². The number of ether oxygens (including phenoxy) is 2. The third-order valence-electron chi connectivity index (χ3n) is 6.74. The van der Waals surface area contributed by atoms with Crippen LogP contribution in [0.1, 0.15) is 42.7 Å². The summed E-state index contributed by atoms with van der Waals surface area (Å²) in [6, 6.07) is 15.6. The SMILES string of the molecule is C[C@H]1CN(C(=O)C2CCOc3ccccc32)CCN1C(=O)C1CCOc2ccccc21. The molecule has 0 bridgehead atoms. The number of hydrogen-bond donors (Lipinski definition) is 0. The third-order valence-corrected chi connectivity index (χ3v) is 6.74. The molecule has 6 nitrogen and oxygen atoms in total. The Balaban J connectivity index is 1.28. The van der Waals surface area contributed by atoms with E-state index >= 15 is 0 Å². The van der Waals surface area contributed by atoms with E-state index in [0.29, 0.717) is 45.7 Å². The van der Waals surface area contributed by atoms with E-state index in [4.69, 9.17) is 9.47 Å². The van der Waals surface area contributed by atoms with Crippen LogP contribution in [0.25, 0.3) is 0 Å². The molecule has 1 fully saturated rings. The van der Waals surface area contributed by atoms with Crippen LogP contribution in [0.2, 0.25) is 0 Å². The minimum Gasteiger partial charge on any atom is -0.493 e. The average molecular weight is 421 g/mol. The number of hydrogen-bond acceptors (Lipinski definition) is 4. The lowest BCUT2D eigenvalue weighted by Crippen LogP contribution is -2.57. The summed E-state index contributed by atoms with van der Waals surface area (Å²) in [5.74, 6) is 1.58. The zero-order valence-electron chi connectivity index (χ0n) is 17.8. The van der Waals surface area contributed by atoms with E-state index in [9.17, 15) is 9.59 Å². The topological polar surface area (TPSA) is 59.1 Å². The van der Waals surface area contributed by atoms with Gasteiger partial charge in [-0.05, 0) is 31.9 Å². The fourth-order valence-corrected chi connectivity index (χ4v) is 5.10. The monoisotopic (exact) mass is 420 g/mol. The molecule has 6 heteroatoms. The molecule has 0 aromatic heterocycles. The molecule has 0 spiro atoms. The van der Waals surface area contributed by atoms with Gasteiger partial charge in [-0.2, -0.15) is 0 Å². The lowest BCUT2D eigenvalue weighted by Gasteiger charge is -2.43. The molecule has 2 aromatic carbocycles. The number of amides is 2. The van der Waals surface area contributed by atoms with Gasteiger partial charge in [0.05, 0.1) is 25.0 Å². The minimum absolute atomic E-state index is 0.0182. The van der Waals surface area contributed by atoms with Gasteiger partial charge < -0.3 is 19.3 Å². The van der Waals surface area contributed by atoms with Crippen LogP contribution in [0.4, 0.5) is 0 Å². The molecule has 162 valence electrons. The molecule has 0 saturated carbocycles. The largest absolute Gasteiger partial charge is 0.493 e. The van der Waals surface area contributed by atoms with Crippen LogP contribution < -0.4 is 9.47 Å². The van der Waals surface area contributed by atoms with E-state index in [2.05, 4.69) is 0 Å². The number of piperazine rings is 1. The van der Waals surface area contributed by atoms with Gasteiger partial charge in [-0.3, -0.25) is 9.59 Å². The van der Waals surface area contributed by atoms with Crippen LogP contribution in [0, 0.1) is 0 Å². The second-order valence-corrected chi connectivity index (χ2v) is 8.62. The first kappa shape index (κ1) is 19.9. The van der Waals surface area contributed by atoms with E-state index in [1.165, 1.54) is 0 Å². The lowest BCUT2D eigenvalue weighted by molar-refractivity contribution is -0.145. The van der Waals surface area contributed by atoms with Gasteiger partial charge in [0, 0.05) is 36.8 Å². The van der Waals surface area contributed by atoms with Crippen LogP contribution >= 0.6 is 0 Å². The van der Waals surface area contributed by atoms with Gasteiger partial charge in [0.25, 0.3) is 0 Å². The standard InChI is InChI=1S/C25H28N2O4/c1-17-16-26(24(28)20-10-14-30-22-8-4-2-6-18(20)22)12-13-27(17)25(29)21-11-15-31-23-9-5-3-7-19(21)23/h2-9,17,20-21H,10-16H2,1H3/t17-,20?,21?/m0/s1. The van der Waals surface area contributed by atoms with Crippen molar-refractivity contribution in [1.82, 2.24) is 9.80 Å². The fourth-order valence-electron chi connectivity index (χ4n) is 5.10. The van der Waals surface area contributed by atoms with Gasteiger partial charge in [-0.25, -0.2) is 0 Å². The maximum atomic E-state index is 13.4. The van der Waals surface area contributed by atoms with Crippen molar-refractivity contribution in [3.8, 4) is 11.5 Å². The predicted molar refractivity (Wildman–Crippen MR) is 116 cm³/mol. The van der Waals surface area contributed by atoms with Gasteiger partial charge in [-0.1, -0.05) is 36.4 Å². The summed E-state index contributed by atoms with van der Waals surface area (Å²) >= 11 is 0. The third kappa shape index (κ3) is 3.64. The first-order chi connectivity index (χ1) is 15.1. The number of carbonyl (C=O) groups excluding carboxylic acids is 2. The van der Waals surface area contributed by atoms with E-state index in [-0.39, 0.29) is 29.7 Å². The summed E-state index contributed by atoms with van der Waals surface area (Å²) in [5.41, 5.74) is 1.95. The first-order valence-corrected chi connectivity index (χ1v) is 11.2. The van der Waals surface area contributed by atoms with Crippen molar-refractivity contribution in [2.24, 2.45) is 0 Å². The van der Waals surface area contributed by atoms with Gasteiger partial charge in [0.2, 0.25) is 11.8 Å². The van der Waals surface area contributed by atoms with Gasteiger partial charge in [0.1, 0.15) is 11.5 Å². The molecule has 5 rings (SSSR count). The number of carbonyl (C=O) groups is 2. The molecule has 2 unspecified atom stereocenters. The smallest absolute Gasteiger partial charge is 0.230 e. The van der Waals surface area contributed by atoms with Crippen LogP contribution in [-0.2, 0) is 9.59 Å². The normalized spacial score (nSPS) is 25.0. The maximum Gasteiger partial charge on any atom is 0.230 e. The highest BCUT2D eigenvalue weighted by molar-refractivity contribution is 5.87. The Morgan fingerprint density at radius 2 is 1.35 bits per heavy atom. The molecule has 0 aliphatic carbocycles. The van der Waals surface area contributed by atoms with E-state index in [0.717, 1.165) is 22.6 Å². The van der Waals surface area contributed by atoms with Crippen LogP contribution in [-0.4, -0.2) is 60.5 Å². The average Bonchev–Trinajstić information content (AvgIpc) is 2.82. The Hall–Kier alpha value is -3.02. The van der Waals surface area contributed by atoms with Gasteiger partial charge in [-0.15, -0.1) is 0 Å². The molecule has 3 atom stereocenters. The second kappa shape index (κ2) is 8.25. The molecule has 0 radical (unpaired) electrons. The first-order valence-electron chi connectivity index (χ1n) is 11.2. The Kier molecular flexibility index (Phi) is 5.30. The summed E-state index contributed by atoms with van der Waals surface area (Å²) in [6.07, 6.45) is 1.39. The van der Waals surface area contributed by atoms with Crippen molar-refractivity contribution in [3.05, 3.63) is 59.7 Å². The number of rotatable bonds is 2. The Morgan fingerprint density at radius 1 is 0.806 bits per heavy atom. The number of fused-ring (bicyclic) bond motifs is 2. The van der Waals surface area contributed by atoms with Crippen molar-refractivity contribution in [2.45, 2.75) is 37.6 Å². The Bertz CT molecular complexity index is 991. The minimum atomic E-state index is -0.169. The molecule has 3 aliphatic heterocycles. The summed E-state index contributed by atoms with van der Waals surface area (Å²) in [5, 5.41) is 0. The summed E-state index contributed by atoms with van der Waals surface area (Å²) in [6.45, 7) is 4.86. The zero-order chi connectivity index (χ0) is 21.4. The second-order valence-electron chi connectivity index (χ2n) is 8.62. The molecule has 2 aromatic rings. The van der Waals surface area contributed by atoms with Crippen LogP contribution in [0.3, 0.4) is 0 Å². The molecule has 31 heavy (non-hydrogen) atoms. The van der Waals surface area contributed by atoms with E-state index < -0.39 is 0 Å². The number of para-hydroxylation sites is 2. The summed E-state index contributed by atoms with van der Waals surface area (Å²) in [4.78, 5) is 30.7. The highest BCUT2D eigenvalue weighted by Crippen LogP contribution is 2.37. The van der Waals surface area contributed by atoms with Gasteiger partial charge >= 0.3 is 0 Å². The molecule has 0 N–H and O–H groups in total. The number of nitrogens with zero attached hydrogens (tertiary/aromatic N) is 2. The Labute approximate surface area is 182 Å². The summed E-state index contributed by atoms with van der Waals surface area (Å²) < 4.78 is 11.5. The van der Waals surface area contributed by atoms with Crippen molar-refractivity contribution in [2.75, 3.05) is 32.8 Å². The molecule has 3 heterocycles. The van der Waals surface area contributed by atoms with Crippen molar-refractivity contribution in [3.63, 3.8) is 0 Å². The Morgan fingerprint density at radius 3 is 1.94 bits per heavy atom. The predicted octanol–water partition coefficient (Wildman–Crippen LogP) is 3.18. The van der Waals surface area contributed by atoms with Crippen LogP contribution in [0.5, 0.6) is 11.5 Å². The van der Waals surface area contributed by atoms with Crippen molar-refractivity contribution >= 4 is 11.8 Å². The zero-order valence-corrected chi connectivity index (χ0v) is 17.8. The highest BCUT2D eigenvalue weighted by atomic mass is 16.5. The molecule has 1 saturated heterocycles. The van der Waals surface area contributed by atoms with Crippen molar-refractivity contribution in [1.29, 1.82) is 0 Å². The maximum absolute atomic E-state index is 13.4. The summed E-state index contributed by atoms with van der Waals surface area (Å²) in [7, 11) is 0. The fraction of sp³-hybridized carbons (Fsp3) is 0.440. The molecule has 3 aliphatic rings. The highest BCUT2D eigenvalue weighted by Gasteiger charge is 2.38. The van der Waals surface area contributed by atoms with E-state index in [1.54, 1.807) is 0 Å². The van der Waals surface area contributed by atoms with Crippen molar-refractivity contribution < 1.29 is 19.1 Å². The quantitative estimate of drug-likeness (QED) is 0.749. The van der Waals surface area contributed by atoms with Crippen LogP contribution in [0.15, 0.2) is 48.5 Å².